The SMILES string of the molecule is CCOc1cc(/C=N\NS(=O)(=O)c2ccc(C)cc2)cc(I)c1OCc1ccccc1Cl. The zero-order chi connectivity index (χ0) is 23.1. The molecule has 0 saturated carbocycles. The van der Waals surface area contributed by atoms with Gasteiger partial charge in [-0.05, 0) is 72.3 Å². The first kappa shape index (κ1) is 24.3. The van der Waals surface area contributed by atoms with Gasteiger partial charge in [-0.25, -0.2) is 4.83 Å². The van der Waals surface area contributed by atoms with Gasteiger partial charge in [0.2, 0.25) is 0 Å². The monoisotopic (exact) mass is 584 g/mol. The zero-order valence-electron chi connectivity index (χ0n) is 17.5. The van der Waals surface area contributed by atoms with Crippen molar-refractivity contribution in [2.75, 3.05) is 6.61 Å². The molecule has 3 rings (SSSR count). The van der Waals surface area contributed by atoms with Gasteiger partial charge in [-0.15, -0.1) is 0 Å². The molecule has 0 atom stereocenters. The molecule has 0 fully saturated rings. The lowest BCUT2D eigenvalue weighted by Gasteiger charge is -2.15. The molecule has 0 aromatic heterocycles. The van der Waals surface area contributed by atoms with Crippen LogP contribution in [0.4, 0.5) is 0 Å². The van der Waals surface area contributed by atoms with E-state index in [1.807, 2.05) is 44.2 Å². The number of rotatable bonds is 9. The van der Waals surface area contributed by atoms with E-state index in [1.165, 1.54) is 18.3 Å². The summed E-state index contributed by atoms with van der Waals surface area (Å²) in [5.74, 6) is 1.12. The fourth-order valence-corrected chi connectivity index (χ4v) is 4.53. The van der Waals surface area contributed by atoms with E-state index < -0.39 is 10.0 Å². The third-order valence-corrected chi connectivity index (χ3v) is 6.79. The van der Waals surface area contributed by atoms with Crippen LogP contribution in [0.3, 0.4) is 0 Å². The Morgan fingerprint density at radius 3 is 2.50 bits per heavy atom. The van der Waals surface area contributed by atoms with Crippen LogP contribution >= 0.6 is 34.2 Å². The largest absolute Gasteiger partial charge is 0.490 e. The highest BCUT2D eigenvalue weighted by molar-refractivity contribution is 14.1. The molecule has 0 aliphatic rings. The molecule has 0 aliphatic heterocycles. The fourth-order valence-electron chi connectivity index (χ4n) is 2.77. The summed E-state index contributed by atoms with van der Waals surface area (Å²) < 4.78 is 37.3. The summed E-state index contributed by atoms with van der Waals surface area (Å²) >= 11 is 8.36. The summed E-state index contributed by atoms with van der Waals surface area (Å²) in [6.45, 7) is 4.50. The van der Waals surface area contributed by atoms with E-state index in [1.54, 1.807) is 18.2 Å². The van der Waals surface area contributed by atoms with Crippen molar-refractivity contribution < 1.29 is 17.9 Å². The highest BCUT2D eigenvalue weighted by atomic mass is 127. The molecule has 0 amide bonds. The number of halogens is 2. The molecule has 3 aromatic carbocycles. The number of hydrogen-bond donors (Lipinski definition) is 1. The van der Waals surface area contributed by atoms with Crippen LogP contribution in [0.15, 0.2) is 70.7 Å². The minimum Gasteiger partial charge on any atom is -0.490 e. The molecule has 0 saturated heterocycles. The van der Waals surface area contributed by atoms with E-state index in [-0.39, 0.29) is 4.90 Å². The predicted molar refractivity (Wildman–Crippen MR) is 135 cm³/mol. The Hall–Kier alpha value is -2.30. The first-order valence-corrected chi connectivity index (χ1v) is 12.7. The molecule has 6 nitrogen and oxygen atoms in total. The van der Waals surface area contributed by atoms with Crippen LogP contribution in [0, 0.1) is 10.5 Å². The van der Waals surface area contributed by atoms with Crippen molar-refractivity contribution in [2.24, 2.45) is 5.10 Å². The maximum absolute atomic E-state index is 12.4. The van der Waals surface area contributed by atoms with Crippen LogP contribution in [0.5, 0.6) is 11.5 Å². The maximum Gasteiger partial charge on any atom is 0.276 e. The molecule has 9 heteroatoms. The first-order chi connectivity index (χ1) is 15.3. The average molecular weight is 585 g/mol. The van der Waals surface area contributed by atoms with Crippen molar-refractivity contribution in [3.63, 3.8) is 0 Å². The Kier molecular flexibility index (Phi) is 8.38. The molecule has 3 aromatic rings. The second-order valence-corrected chi connectivity index (χ2v) is 10.0. The van der Waals surface area contributed by atoms with Gasteiger partial charge in [-0.1, -0.05) is 47.5 Å². The smallest absolute Gasteiger partial charge is 0.276 e. The number of benzene rings is 3. The summed E-state index contributed by atoms with van der Waals surface area (Å²) in [6, 6.07) is 17.6. The second kappa shape index (κ2) is 11.0. The number of hydrazone groups is 1. The van der Waals surface area contributed by atoms with Gasteiger partial charge < -0.3 is 9.47 Å². The van der Waals surface area contributed by atoms with Gasteiger partial charge in [0.25, 0.3) is 10.0 Å². The van der Waals surface area contributed by atoms with Crippen molar-refractivity contribution in [3.8, 4) is 11.5 Å². The predicted octanol–water partition coefficient (Wildman–Crippen LogP) is 5.54. The quantitative estimate of drug-likeness (QED) is 0.204. The lowest BCUT2D eigenvalue weighted by Crippen LogP contribution is -2.18. The number of nitrogens with one attached hydrogen (secondary N) is 1. The molecule has 0 aliphatic carbocycles. The minimum atomic E-state index is -3.75. The van der Waals surface area contributed by atoms with E-state index in [0.717, 1.165) is 14.7 Å². The number of aryl methyl sites for hydroxylation is 1. The zero-order valence-corrected chi connectivity index (χ0v) is 21.2. The van der Waals surface area contributed by atoms with Crippen LogP contribution in [-0.2, 0) is 16.6 Å². The van der Waals surface area contributed by atoms with Gasteiger partial charge in [0.1, 0.15) is 6.61 Å². The van der Waals surface area contributed by atoms with E-state index in [0.29, 0.717) is 35.3 Å². The van der Waals surface area contributed by atoms with Gasteiger partial charge >= 0.3 is 0 Å². The molecular formula is C23H22ClIN2O4S. The highest BCUT2D eigenvalue weighted by Crippen LogP contribution is 2.35. The van der Waals surface area contributed by atoms with Crippen molar-refractivity contribution in [1.29, 1.82) is 0 Å². The van der Waals surface area contributed by atoms with Gasteiger partial charge in [-0.3, -0.25) is 0 Å². The maximum atomic E-state index is 12.4. The van der Waals surface area contributed by atoms with Crippen LogP contribution in [0.1, 0.15) is 23.6 Å². The number of nitrogens with zero attached hydrogens (tertiary/aromatic N) is 1. The van der Waals surface area contributed by atoms with E-state index in [4.69, 9.17) is 21.1 Å². The summed E-state index contributed by atoms with van der Waals surface area (Å²) in [7, 11) is -3.75. The van der Waals surface area contributed by atoms with E-state index >= 15 is 0 Å². The van der Waals surface area contributed by atoms with E-state index in [9.17, 15) is 8.42 Å². The van der Waals surface area contributed by atoms with Gasteiger partial charge in [0.15, 0.2) is 11.5 Å². The Balaban J connectivity index is 1.77. The minimum absolute atomic E-state index is 0.146. The Labute approximate surface area is 206 Å². The Bertz CT molecular complexity index is 1220. The van der Waals surface area contributed by atoms with Gasteiger partial charge in [0.05, 0.1) is 21.3 Å². The number of sulfonamides is 1. The normalized spacial score (nSPS) is 11.5. The van der Waals surface area contributed by atoms with Crippen molar-refractivity contribution in [1.82, 2.24) is 4.83 Å². The van der Waals surface area contributed by atoms with Crippen molar-refractivity contribution >= 4 is 50.4 Å². The van der Waals surface area contributed by atoms with Gasteiger partial charge in [-0.2, -0.15) is 13.5 Å². The Morgan fingerprint density at radius 1 is 1.09 bits per heavy atom. The summed E-state index contributed by atoms with van der Waals surface area (Å²) in [5, 5.41) is 4.54. The van der Waals surface area contributed by atoms with E-state index in [2.05, 4.69) is 32.5 Å². The summed E-state index contributed by atoms with van der Waals surface area (Å²) in [4.78, 5) is 2.38. The summed E-state index contributed by atoms with van der Waals surface area (Å²) in [5.41, 5.74) is 2.50. The van der Waals surface area contributed by atoms with Crippen LogP contribution < -0.4 is 14.3 Å². The van der Waals surface area contributed by atoms with Crippen LogP contribution in [-0.4, -0.2) is 21.2 Å². The van der Waals surface area contributed by atoms with Gasteiger partial charge in [0, 0.05) is 10.6 Å². The van der Waals surface area contributed by atoms with Crippen LogP contribution in [0.25, 0.3) is 0 Å². The molecule has 1 N–H and O–H groups in total. The third kappa shape index (κ3) is 6.36. The Morgan fingerprint density at radius 2 is 1.81 bits per heavy atom. The summed E-state index contributed by atoms with van der Waals surface area (Å²) in [6.07, 6.45) is 1.42. The average Bonchev–Trinajstić information content (AvgIpc) is 2.75. The molecule has 0 bridgehead atoms. The number of hydrogen-bond acceptors (Lipinski definition) is 5. The second-order valence-electron chi connectivity index (χ2n) is 6.81. The molecule has 0 radical (unpaired) electrons. The molecule has 0 unspecified atom stereocenters. The lowest BCUT2D eigenvalue weighted by molar-refractivity contribution is 0.267. The fraction of sp³-hybridized carbons (Fsp3) is 0.174. The van der Waals surface area contributed by atoms with Crippen molar-refractivity contribution in [2.45, 2.75) is 25.3 Å². The molecule has 0 heterocycles. The van der Waals surface area contributed by atoms with Crippen molar-refractivity contribution in [3.05, 3.63) is 85.9 Å². The molecule has 32 heavy (non-hydrogen) atoms. The number of ether oxygens (including phenoxy) is 2. The third-order valence-electron chi connectivity index (χ3n) is 4.38. The molecular weight excluding hydrogens is 563 g/mol. The molecule has 0 spiro atoms. The molecule has 168 valence electrons. The standard InChI is InChI=1S/C23H22ClIN2O4S/c1-3-30-22-13-17(14-26-27-32(28,29)19-10-8-16(2)9-11-19)12-21(25)23(22)31-15-18-6-4-5-7-20(18)24/h4-14,27H,3,15H2,1-2H3/b26-14-. The van der Waals surface area contributed by atoms with Crippen LogP contribution in [0.2, 0.25) is 5.02 Å². The lowest BCUT2D eigenvalue weighted by atomic mass is 10.2. The topological polar surface area (TPSA) is 77.0 Å². The first-order valence-electron chi connectivity index (χ1n) is 9.74. The highest BCUT2D eigenvalue weighted by Gasteiger charge is 2.14.